The van der Waals surface area contributed by atoms with Crippen molar-refractivity contribution < 1.29 is 19.0 Å². The van der Waals surface area contributed by atoms with E-state index in [0.717, 1.165) is 17.7 Å². The number of rotatable bonds is 7. The van der Waals surface area contributed by atoms with Gasteiger partial charge in [0.15, 0.2) is 17.5 Å². The summed E-state index contributed by atoms with van der Waals surface area (Å²) in [6, 6.07) is 11.7. The van der Waals surface area contributed by atoms with Crippen molar-refractivity contribution in [2.24, 2.45) is 4.99 Å². The highest BCUT2D eigenvalue weighted by atomic mass is 16.5. The van der Waals surface area contributed by atoms with Crippen molar-refractivity contribution in [3.05, 3.63) is 47.5 Å². The molecule has 0 saturated carbocycles. The molecule has 0 radical (unpaired) electrons. The van der Waals surface area contributed by atoms with Gasteiger partial charge in [-0.15, -0.1) is 0 Å². The maximum atomic E-state index is 12.7. The largest absolute Gasteiger partial charge is 0.493 e. The molecule has 160 valence electrons. The van der Waals surface area contributed by atoms with E-state index in [-0.39, 0.29) is 12.5 Å². The molecule has 2 aromatic rings. The normalized spacial score (nSPS) is 12.9. The third-order valence-electron chi connectivity index (χ3n) is 5.00. The molecule has 1 heterocycles. The molecule has 1 aliphatic heterocycles. The van der Waals surface area contributed by atoms with E-state index < -0.39 is 0 Å². The second-order valence-corrected chi connectivity index (χ2v) is 6.74. The summed E-state index contributed by atoms with van der Waals surface area (Å²) < 4.78 is 16.1. The number of carbonyl (C=O) groups excluding carboxylic acids is 1. The fraction of sp³-hybridized carbons (Fsp3) is 0.364. The average molecular weight is 412 g/mol. The fourth-order valence-electron chi connectivity index (χ4n) is 3.50. The molecule has 0 aliphatic carbocycles. The number of aliphatic imine (C=N–C) groups is 1. The summed E-state index contributed by atoms with van der Waals surface area (Å²) in [4.78, 5) is 18.7. The lowest BCUT2D eigenvalue weighted by Crippen LogP contribution is -2.44. The number of guanidine groups is 1. The smallest absolute Gasteiger partial charge is 0.246 e. The zero-order valence-corrected chi connectivity index (χ0v) is 17.8. The SMILES string of the molecule is CN=C(NCC(=O)N1CCc2ccccc21)NCc1cc(OC)c(OC)c(OC)c1. The molecule has 3 rings (SSSR count). The van der Waals surface area contributed by atoms with Crippen LogP contribution in [0, 0.1) is 0 Å². The van der Waals surface area contributed by atoms with E-state index in [1.165, 1.54) is 5.56 Å². The van der Waals surface area contributed by atoms with Crippen molar-refractivity contribution >= 4 is 17.6 Å². The van der Waals surface area contributed by atoms with Crippen molar-refractivity contribution in [2.45, 2.75) is 13.0 Å². The van der Waals surface area contributed by atoms with Crippen LogP contribution in [0.25, 0.3) is 0 Å². The standard InChI is InChI=1S/C22H28N4O4/c1-23-22(24-13-15-11-18(28-2)21(30-4)19(12-15)29-3)25-14-20(27)26-10-9-16-7-5-6-8-17(16)26/h5-8,11-12H,9-10,13-14H2,1-4H3,(H2,23,24,25). The van der Waals surface area contributed by atoms with E-state index in [0.29, 0.717) is 36.3 Å². The molecule has 0 fully saturated rings. The van der Waals surface area contributed by atoms with Gasteiger partial charge in [0, 0.05) is 25.8 Å². The maximum Gasteiger partial charge on any atom is 0.246 e. The van der Waals surface area contributed by atoms with Crippen molar-refractivity contribution in [2.75, 3.05) is 46.4 Å². The molecule has 30 heavy (non-hydrogen) atoms. The van der Waals surface area contributed by atoms with Gasteiger partial charge in [0.05, 0.1) is 27.9 Å². The summed E-state index contributed by atoms with van der Waals surface area (Å²) in [5.41, 5.74) is 3.12. The van der Waals surface area contributed by atoms with Crippen LogP contribution in [0.1, 0.15) is 11.1 Å². The molecular formula is C22H28N4O4. The highest BCUT2D eigenvalue weighted by molar-refractivity contribution is 5.98. The van der Waals surface area contributed by atoms with E-state index in [1.54, 1.807) is 28.4 Å². The molecule has 0 bridgehead atoms. The summed E-state index contributed by atoms with van der Waals surface area (Å²) in [7, 11) is 6.40. The number of fused-ring (bicyclic) bond motifs is 1. The number of nitrogens with one attached hydrogen (secondary N) is 2. The van der Waals surface area contributed by atoms with Crippen LogP contribution in [-0.2, 0) is 17.8 Å². The third kappa shape index (κ3) is 4.59. The molecule has 8 heteroatoms. The number of nitrogens with zero attached hydrogens (tertiary/aromatic N) is 2. The number of ether oxygens (including phenoxy) is 3. The Hall–Kier alpha value is -3.42. The van der Waals surface area contributed by atoms with Crippen LogP contribution in [-0.4, -0.2) is 53.3 Å². The fourth-order valence-corrected chi connectivity index (χ4v) is 3.50. The van der Waals surface area contributed by atoms with Crippen molar-refractivity contribution in [3.8, 4) is 17.2 Å². The summed E-state index contributed by atoms with van der Waals surface area (Å²) in [5, 5.41) is 6.29. The maximum absolute atomic E-state index is 12.7. The number of anilines is 1. The molecular weight excluding hydrogens is 384 g/mol. The molecule has 0 atom stereocenters. The van der Waals surface area contributed by atoms with Gasteiger partial charge in [-0.05, 0) is 35.7 Å². The second kappa shape index (κ2) is 9.87. The van der Waals surface area contributed by atoms with Gasteiger partial charge >= 0.3 is 0 Å². The number of methoxy groups -OCH3 is 3. The van der Waals surface area contributed by atoms with Gasteiger partial charge in [0.1, 0.15) is 0 Å². The molecule has 1 aliphatic rings. The first-order chi connectivity index (χ1) is 14.6. The number of hydrogen-bond acceptors (Lipinski definition) is 5. The Morgan fingerprint density at radius 1 is 1.07 bits per heavy atom. The topological polar surface area (TPSA) is 84.4 Å². The first kappa shape index (κ1) is 21.3. The molecule has 1 amide bonds. The van der Waals surface area contributed by atoms with Crippen LogP contribution in [0.3, 0.4) is 0 Å². The summed E-state index contributed by atoms with van der Waals surface area (Å²) in [6.07, 6.45) is 0.885. The number of carbonyl (C=O) groups is 1. The van der Waals surface area contributed by atoms with Crippen LogP contribution in [0.4, 0.5) is 5.69 Å². The van der Waals surface area contributed by atoms with Gasteiger partial charge in [0.25, 0.3) is 0 Å². The Kier molecular flexibility index (Phi) is 7.00. The van der Waals surface area contributed by atoms with Crippen molar-refractivity contribution in [1.29, 1.82) is 0 Å². The minimum Gasteiger partial charge on any atom is -0.493 e. The van der Waals surface area contributed by atoms with E-state index in [2.05, 4.69) is 21.7 Å². The number of hydrogen-bond donors (Lipinski definition) is 2. The molecule has 0 aromatic heterocycles. The van der Waals surface area contributed by atoms with E-state index in [1.807, 2.05) is 35.2 Å². The minimum atomic E-state index is 0.00989. The average Bonchev–Trinajstić information content (AvgIpc) is 3.22. The Bertz CT molecular complexity index is 904. The van der Waals surface area contributed by atoms with Crippen molar-refractivity contribution in [1.82, 2.24) is 10.6 Å². The van der Waals surface area contributed by atoms with Crippen LogP contribution < -0.4 is 29.7 Å². The summed E-state index contributed by atoms with van der Waals surface area (Å²) >= 11 is 0. The quantitative estimate of drug-likeness (QED) is 0.534. The van der Waals surface area contributed by atoms with Gasteiger partial charge in [-0.3, -0.25) is 9.79 Å². The number of amides is 1. The van der Waals surface area contributed by atoms with Crippen LogP contribution in [0.15, 0.2) is 41.4 Å². The van der Waals surface area contributed by atoms with E-state index in [4.69, 9.17) is 14.2 Å². The zero-order valence-electron chi connectivity index (χ0n) is 17.8. The molecule has 0 saturated heterocycles. The zero-order chi connectivity index (χ0) is 21.5. The van der Waals surface area contributed by atoms with Crippen LogP contribution >= 0.6 is 0 Å². The second-order valence-electron chi connectivity index (χ2n) is 6.74. The first-order valence-corrected chi connectivity index (χ1v) is 9.73. The molecule has 8 nitrogen and oxygen atoms in total. The predicted molar refractivity (Wildman–Crippen MR) is 117 cm³/mol. The van der Waals surface area contributed by atoms with Gasteiger partial charge in [0.2, 0.25) is 11.7 Å². The molecule has 0 spiro atoms. The lowest BCUT2D eigenvalue weighted by molar-refractivity contribution is -0.117. The predicted octanol–water partition coefficient (Wildman–Crippen LogP) is 1.97. The van der Waals surface area contributed by atoms with Crippen LogP contribution in [0.5, 0.6) is 17.2 Å². The number of para-hydroxylation sites is 1. The van der Waals surface area contributed by atoms with Gasteiger partial charge in [-0.1, -0.05) is 18.2 Å². The van der Waals surface area contributed by atoms with Gasteiger partial charge in [-0.2, -0.15) is 0 Å². The summed E-state index contributed by atoms with van der Waals surface area (Å²) in [6.45, 7) is 1.33. The monoisotopic (exact) mass is 412 g/mol. The molecule has 0 unspecified atom stereocenters. The highest BCUT2D eigenvalue weighted by Crippen LogP contribution is 2.38. The Morgan fingerprint density at radius 2 is 1.77 bits per heavy atom. The minimum absolute atomic E-state index is 0.00989. The van der Waals surface area contributed by atoms with Gasteiger partial charge < -0.3 is 29.7 Å². The Labute approximate surface area is 176 Å². The lowest BCUT2D eigenvalue weighted by atomic mass is 10.2. The Morgan fingerprint density at radius 3 is 2.40 bits per heavy atom. The van der Waals surface area contributed by atoms with E-state index >= 15 is 0 Å². The van der Waals surface area contributed by atoms with E-state index in [9.17, 15) is 4.79 Å². The third-order valence-corrected chi connectivity index (χ3v) is 5.00. The first-order valence-electron chi connectivity index (χ1n) is 9.73. The number of benzene rings is 2. The highest BCUT2D eigenvalue weighted by Gasteiger charge is 2.23. The lowest BCUT2D eigenvalue weighted by Gasteiger charge is -2.19. The molecule has 2 aromatic carbocycles. The van der Waals surface area contributed by atoms with Gasteiger partial charge in [-0.25, -0.2) is 0 Å². The van der Waals surface area contributed by atoms with Crippen molar-refractivity contribution in [3.63, 3.8) is 0 Å². The Balaban J connectivity index is 1.59. The summed E-state index contributed by atoms with van der Waals surface area (Å²) in [5.74, 6) is 2.25. The molecule has 2 N–H and O–H groups in total. The van der Waals surface area contributed by atoms with Crippen LogP contribution in [0.2, 0.25) is 0 Å².